The molecule has 0 bridgehead atoms. The maximum atomic E-state index is 12.3. The van der Waals surface area contributed by atoms with Gasteiger partial charge in [-0.25, -0.2) is 0 Å². The summed E-state index contributed by atoms with van der Waals surface area (Å²) in [5.74, 6) is -0.0852. The molecule has 4 rings (SSSR count). The fourth-order valence-corrected chi connectivity index (χ4v) is 2.98. The molecule has 0 unspecified atom stereocenters. The second kappa shape index (κ2) is 5.68. The Morgan fingerprint density at radius 2 is 1.71 bits per heavy atom. The number of hydrogen-bond donors (Lipinski definition) is 0. The van der Waals surface area contributed by atoms with E-state index in [2.05, 4.69) is 26.1 Å². The van der Waals surface area contributed by atoms with Gasteiger partial charge in [0.1, 0.15) is 6.54 Å². The number of imide groups is 1. The molecule has 3 aromatic rings. The van der Waals surface area contributed by atoms with Crippen molar-refractivity contribution in [1.82, 2.24) is 15.0 Å². The van der Waals surface area contributed by atoms with Gasteiger partial charge in [0.25, 0.3) is 11.8 Å². The number of fused-ring (bicyclic) bond motifs is 1. The minimum absolute atomic E-state index is 0.0483. The quantitative estimate of drug-likeness (QED) is 0.648. The lowest BCUT2D eigenvalue weighted by atomic mass is 10.1. The van der Waals surface area contributed by atoms with Gasteiger partial charge >= 0.3 is 0 Å². The van der Waals surface area contributed by atoms with Gasteiger partial charge in [0, 0.05) is 10.0 Å². The highest BCUT2D eigenvalue weighted by Gasteiger charge is 2.36. The Morgan fingerprint density at radius 1 is 1.00 bits per heavy atom. The minimum Gasteiger partial charge on any atom is -0.337 e. The van der Waals surface area contributed by atoms with Crippen molar-refractivity contribution in [3.63, 3.8) is 0 Å². The number of benzene rings is 2. The van der Waals surface area contributed by atoms with Crippen molar-refractivity contribution in [1.29, 1.82) is 0 Å². The molecule has 0 saturated carbocycles. The van der Waals surface area contributed by atoms with Crippen LogP contribution in [0.15, 0.2) is 57.5 Å². The predicted molar refractivity (Wildman–Crippen MR) is 88.1 cm³/mol. The summed E-state index contributed by atoms with van der Waals surface area (Å²) in [4.78, 5) is 30.1. The van der Waals surface area contributed by atoms with Crippen molar-refractivity contribution < 1.29 is 14.1 Å². The number of hydrogen-bond acceptors (Lipinski definition) is 5. The summed E-state index contributed by atoms with van der Waals surface area (Å²) in [7, 11) is 0. The van der Waals surface area contributed by atoms with Crippen molar-refractivity contribution in [3.8, 4) is 11.4 Å². The van der Waals surface area contributed by atoms with E-state index in [4.69, 9.17) is 4.52 Å². The Bertz CT molecular complexity index is 932. The predicted octanol–water partition coefficient (Wildman–Crippen LogP) is 3.30. The van der Waals surface area contributed by atoms with Gasteiger partial charge in [-0.1, -0.05) is 45.4 Å². The molecule has 24 heavy (non-hydrogen) atoms. The van der Waals surface area contributed by atoms with Crippen LogP contribution in [-0.4, -0.2) is 26.9 Å². The van der Waals surface area contributed by atoms with Gasteiger partial charge in [0.15, 0.2) is 0 Å². The first-order chi connectivity index (χ1) is 11.6. The van der Waals surface area contributed by atoms with Gasteiger partial charge in [-0.2, -0.15) is 4.98 Å². The van der Waals surface area contributed by atoms with Crippen LogP contribution in [0, 0.1) is 0 Å². The van der Waals surface area contributed by atoms with Gasteiger partial charge in [-0.05, 0) is 24.3 Å². The van der Waals surface area contributed by atoms with Crippen LogP contribution >= 0.6 is 15.9 Å². The maximum absolute atomic E-state index is 12.3. The molecule has 2 heterocycles. The van der Waals surface area contributed by atoms with E-state index in [1.807, 2.05) is 24.3 Å². The first-order valence-electron chi connectivity index (χ1n) is 7.17. The van der Waals surface area contributed by atoms with Crippen LogP contribution in [0.5, 0.6) is 0 Å². The molecule has 1 aromatic heterocycles. The first-order valence-corrected chi connectivity index (χ1v) is 7.96. The van der Waals surface area contributed by atoms with Gasteiger partial charge in [-0.3, -0.25) is 14.5 Å². The normalized spacial score (nSPS) is 13.5. The Labute approximate surface area is 145 Å². The highest BCUT2D eigenvalue weighted by molar-refractivity contribution is 9.10. The van der Waals surface area contributed by atoms with E-state index in [0.717, 1.165) is 14.9 Å². The molecule has 0 N–H and O–H groups in total. The van der Waals surface area contributed by atoms with Gasteiger partial charge in [-0.15, -0.1) is 0 Å². The SMILES string of the molecule is O=C1c2ccccc2C(=O)N1Cc1nc(-c2cccc(Br)c2)no1. The van der Waals surface area contributed by atoms with Gasteiger partial charge in [0.05, 0.1) is 11.1 Å². The number of halogens is 1. The molecule has 0 aliphatic carbocycles. The van der Waals surface area contributed by atoms with Crippen LogP contribution in [0.2, 0.25) is 0 Å². The summed E-state index contributed by atoms with van der Waals surface area (Å²) in [5, 5.41) is 3.91. The fraction of sp³-hybridized carbons (Fsp3) is 0.0588. The van der Waals surface area contributed by atoms with Crippen molar-refractivity contribution in [2.75, 3.05) is 0 Å². The molecule has 6 nitrogen and oxygen atoms in total. The summed E-state index contributed by atoms with van der Waals surface area (Å²) < 4.78 is 6.09. The van der Waals surface area contributed by atoms with E-state index < -0.39 is 0 Å². The van der Waals surface area contributed by atoms with Crippen LogP contribution in [-0.2, 0) is 6.54 Å². The van der Waals surface area contributed by atoms with Crippen molar-refractivity contribution >= 4 is 27.7 Å². The van der Waals surface area contributed by atoms with Crippen LogP contribution in [0.1, 0.15) is 26.6 Å². The third kappa shape index (κ3) is 2.43. The lowest BCUT2D eigenvalue weighted by molar-refractivity contribution is 0.0625. The Balaban J connectivity index is 1.59. The number of carbonyl (C=O) groups excluding carboxylic acids is 2. The molecule has 2 amide bonds. The minimum atomic E-state index is -0.349. The van der Waals surface area contributed by atoms with E-state index in [9.17, 15) is 9.59 Å². The summed E-state index contributed by atoms with van der Waals surface area (Å²) in [6.45, 7) is -0.0483. The second-order valence-electron chi connectivity index (χ2n) is 5.26. The van der Waals surface area contributed by atoms with Crippen LogP contribution in [0.25, 0.3) is 11.4 Å². The van der Waals surface area contributed by atoms with E-state index in [0.29, 0.717) is 17.0 Å². The molecular weight excluding hydrogens is 374 g/mol. The highest BCUT2D eigenvalue weighted by atomic mass is 79.9. The molecule has 0 saturated heterocycles. The van der Waals surface area contributed by atoms with E-state index in [1.54, 1.807) is 24.3 Å². The van der Waals surface area contributed by atoms with Crippen molar-refractivity contribution in [3.05, 3.63) is 70.0 Å². The molecule has 0 spiro atoms. The molecule has 0 fully saturated rings. The highest BCUT2D eigenvalue weighted by Crippen LogP contribution is 2.25. The second-order valence-corrected chi connectivity index (χ2v) is 6.18. The average Bonchev–Trinajstić information content (AvgIpc) is 3.15. The maximum Gasteiger partial charge on any atom is 0.262 e. The molecule has 1 aliphatic heterocycles. The monoisotopic (exact) mass is 383 g/mol. The Hall–Kier alpha value is -2.80. The first kappa shape index (κ1) is 14.8. The lowest BCUT2D eigenvalue weighted by Gasteiger charge is -2.09. The Kier molecular flexibility index (Phi) is 3.50. The number of rotatable bonds is 3. The third-order valence-corrected chi connectivity index (χ3v) is 4.22. The van der Waals surface area contributed by atoms with Crippen molar-refractivity contribution in [2.24, 2.45) is 0 Å². The largest absolute Gasteiger partial charge is 0.337 e. The zero-order valence-electron chi connectivity index (χ0n) is 12.3. The molecule has 2 aromatic carbocycles. The summed E-state index contributed by atoms with van der Waals surface area (Å²) >= 11 is 3.39. The molecule has 118 valence electrons. The van der Waals surface area contributed by atoms with Gasteiger partial charge < -0.3 is 4.52 Å². The van der Waals surface area contributed by atoms with E-state index >= 15 is 0 Å². The average molecular weight is 384 g/mol. The number of amides is 2. The summed E-state index contributed by atoms with van der Waals surface area (Å²) in [5.41, 5.74) is 1.57. The van der Waals surface area contributed by atoms with Crippen LogP contribution in [0.3, 0.4) is 0 Å². The number of nitrogens with zero attached hydrogens (tertiary/aromatic N) is 3. The molecule has 0 radical (unpaired) electrons. The van der Waals surface area contributed by atoms with E-state index in [-0.39, 0.29) is 24.2 Å². The molecule has 7 heteroatoms. The smallest absolute Gasteiger partial charge is 0.262 e. The lowest BCUT2D eigenvalue weighted by Crippen LogP contribution is -2.29. The number of aromatic nitrogens is 2. The van der Waals surface area contributed by atoms with Gasteiger partial charge in [0.2, 0.25) is 11.7 Å². The zero-order valence-corrected chi connectivity index (χ0v) is 13.9. The van der Waals surface area contributed by atoms with E-state index in [1.165, 1.54) is 0 Å². The summed E-state index contributed by atoms with van der Waals surface area (Å²) in [6.07, 6.45) is 0. The summed E-state index contributed by atoms with van der Waals surface area (Å²) in [6, 6.07) is 14.2. The molecular formula is C17H10BrN3O3. The van der Waals surface area contributed by atoms with Crippen molar-refractivity contribution in [2.45, 2.75) is 6.54 Å². The van der Waals surface area contributed by atoms with Crippen LogP contribution in [0.4, 0.5) is 0 Å². The fourth-order valence-electron chi connectivity index (χ4n) is 2.58. The van der Waals surface area contributed by atoms with Crippen LogP contribution < -0.4 is 0 Å². The topological polar surface area (TPSA) is 76.3 Å². The standard InChI is InChI=1S/C17H10BrN3O3/c18-11-5-3-4-10(8-11)15-19-14(24-20-15)9-21-16(22)12-6-1-2-7-13(12)17(21)23/h1-8H,9H2. The third-order valence-electron chi connectivity index (χ3n) is 3.72. The Morgan fingerprint density at radius 3 is 2.38 bits per heavy atom. The zero-order chi connectivity index (χ0) is 16.7. The molecule has 1 aliphatic rings. The number of carbonyl (C=O) groups is 2. The molecule has 0 atom stereocenters.